The van der Waals surface area contributed by atoms with Crippen molar-refractivity contribution in [2.45, 2.75) is 58.3 Å². The summed E-state index contributed by atoms with van der Waals surface area (Å²) in [6.45, 7) is 11.4. The fourth-order valence-electron chi connectivity index (χ4n) is 4.33. The van der Waals surface area contributed by atoms with Crippen molar-refractivity contribution in [3.05, 3.63) is 102 Å². The van der Waals surface area contributed by atoms with Crippen molar-refractivity contribution in [3.8, 4) is 6.07 Å². The Morgan fingerprint density at radius 2 is 1.95 bits per heavy atom. The molecule has 0 fully saturated rings. The Bertz CT molecular complexity index is 1340. The second kappa shape index (κ2) is 12.3. The summed E-state index contributed by atoms with van der Waals surface area (Å²) in [5.74, 6) is 0.00465. The standard InChI is InChI=1S/C32H36N4O2/c1-7-23(10-9-22(3)35-30(37)8-2)25-15-16-34-29(18-25)27-17-26(19-31(38)36(6)20-27)24-11-13-28(14-12-24)32(4,5)21-33/h7,9-16,18,20,26H,1,8,17,19H2,2-6H3,(H,35,37)/b22-9+,23-10+. The number of amides is 2. The molecule has 2 amide bonds. The van der Waals surface area contributed by atoms with E-state index in [1.165, 1.54) is 0 Å². The van der Waals surface area contributed by atoms with Crippen molar-refractivity contribution in [2.24, 2.45) is 0 Å². The molecule has 6 heteroatoms. The van der Waals surface area contributed by atoms with Crippen LogP contribution in [0.5, 0.6) is 0 Å². The minimum Gasteiger partial charge on any atom is -0.330 e. The van der Waals surface area contributed by atoms with E-state index in [1.54, 1.807) is 24.2 Å². The molecule has 0 aliphatic carbocycles. The fraction of sp³-hybridized carbons (Fsp3) is 0.312. The smallest absolute Gasteiger partial charge is 0.226 e. The van der Waals surface area contributed by atoms with E-state index in [9.17, 15) is 14.9 Å². The van der Waals surface area contributed by atoms with Gasteiger partial charge in [-0.3, -0.25) is 14.6 Å². The Morgan fingerprint density at radius 1 is 1.24 bits per heavy atom. The average molecular weight is 509 g/mol. The summed E-state index contributed by atoms with van der Waals surface area (Å²) < 4.78 is 0. The second-order valence-corrected chi connectivity index (χ2v) is 10.1. The molecule has 1 N–H and O–H groups in total. The van der Waals surface area contributed by atoms with Gasteiger partial charge in [-0.05, 0) is 79.2 Å². The summed E-state index contributed by atoms with van der Waals surface area (Å²) in [5.41, 5.74) is 5.80. The van der Waals surface area contributed by atoms with Gasteiger partial charge >= 0.3 is 0 Å². The minimum absolute atomic E-state index is 0.00872. The van der Waals surface area contributed by atoms with Gasteiger partial charge < -0.3 is 10.2 Å². The van der Waals surface area contributed by atoms with Gasteiger partial charge in [-0.15, -0.1) is 0 Å². The Labute approximate surface area is 226 Å². The number of aromatic nitrogens is 1. The molecule has 1 aromatic heterocycles. The van der Waals surface area contributed by atoms with Crippen LogP contribution >= 0.6 is 0 Å². The molecule has 1 aliphatic rings. The Hall–Kier alpha value is -4.24. The highest BCUT2D eigenvalue weighted by molar-refractivity contribution is 5.83. The number of nitrogens with one attached hydrogen (secondary N) is 1. The van der Waals surface area contributed by atoms with Crippen molar-refractivity contribution in [1.82, 2.24) is 15.2 Å². The van der Waals surface area contributed by atoms with Gasteiger partial charge in [0, 0.05) is 38.0 Å². The monoisotopic (exact) mass is 508 g/mol. The van der Waals surface area contributed by atoms with Gasteiger partial charge in [0.1, 0.15) is 0 Å². The first-order chi connectivity index (χ1) is 18.1. The van der Waals surface area contributed by atoms with E-state index in [2.05, 4.69) is 22.9 Å². The molecule has 0 spiro atoms. The molecule has 1 aliphatic heterocycles. The molecule has 38 heavy (non-hydrogen) atoms. The lowest BCUT2D eigenvalue weighted by atomic mass is 9.83. The maximum Gasteiger partial charge on any atom is 0.226 e. The van der Waals surface area contributed by atoms with E-state index >= 15 is 0 Å². The lowest BCUT2D eigenvalue weighted by Gasteiger charge is -2.19. The highest BCUT2D eigenvalue weighted by Gasteiger charge is 2.26. The van der Waals surface area contributed by atoms with Crippen molar-refractivity contribution < 1.29 is 9.59 Å². The Balaban J connectivity index is 1.92. The molecule has 0 saturated heterocycles. The number of nitrogens with zero attached hydrogens (tertiary/aromatic N) is 3. The third-order valence-electron chi connectivity index (χ3n) is 6.83. The first kappa shape index (κ1) is 28.3. The van der Waals surface area contributed by atoms with E-state index in [4.69, 9.17) is 0 Å². The number of rotatable bonds is 8. The molecule has 0 radical (unpaired) electrons. The van der Waals surface area contributed by atoms with E-state index in [-0.39, 0.29) is 17.7 Å². The van der Waals surface area contributed by atoms with Crippen LogP contribution in [0.1, 0.15) is 75.3 Å². The summed E-state index contributed by atoms with van der Waals surface area (Å²) in [5, 5.41) is 12.3. The molecule has 2 aromatic rings. The van der Waals surface area contributed by atoms with Crippen LogP contribution in [0.3, 0.4) is 0 Å². The van der Waals surface area contributed by atoms with Gasteiger partial charge in [0.25, 0.3) is 0 Å². The van der Waals surface area contributed by atoms with Crippen molar-refractivity contribution in [2.75, 3.05) is 7.05 Å². The van der Waals surface area contributed by atoms with Crippen LogP contribution < -0.4 is 5.32 Å². The van der Waals surface area contributed by atoms with E-state index < -0.39 is 5.41 Å². The number of hydrogen-bond acceptors (Lipinski definition) is 4. The zero-order chi connectivity index (χ0) is 27.9. The third-order valence-corrected chi connectivity index (χ3v) is 6.83. The molecule has 1 atom stereocenters. The zero-order valence-corrected chi connectivity index (χ0v) is 22.9. The SMILES string of the molecule is C=C/C(=C\C=C(/C)NC(=O)CC)c1ccnc(C2=CN(C)C(=O)CC(c3ccc(C(C)(C)C#N)cc3)C2)c1. The lowest BCUT2D eigenvalue weighted by molar-refractivity contribution is -0.127. The summed E-state index contributed by atoms with van der Waals surface area (Å²) >= 11 is 0. The van der Waals surface area contributed by atoms with Crippen LogP contribution in [0.15, 0.2) is 79.3 Å². The van der Waals surface area contributed by atoms with Gasteiger partial charge in [-0.1, -0.05) is 49.9 Å². The third kappa shape index (κ3) is 6.95. The van der Waals surface area contributed by atoms with Crippen LogP contribution in [0.4, 0.5) is 0 Å². The lowest BCUT2D eigenvalue weighted by Crippen LogP contribution is -2.21. The minimum atomic E-state index is -0.570. The number of carbonyl (C=O) groups is 2. The molecular formula is C32H36N4O2. The normalized spacial score (nSPS) is 16.8. The number of nitriles is 1. The first-order valence-electron chi connectivity index (χ1n) is 12.8. The molecule has 0 saturated carbocycles. The van der Waals surface area contributed by atoms with Gasteiger partial charge in [-0.25, -0.2) is 0 Å². The fourth-order valence-corrected chi connectivity index (χ4v) is 4.33. The second-order valence-electron chi connectivity index (χ2n) is 10.1. The van der Waals surface area contributed by atoms with Crippen molar-refractivity contribution in [3.63, 3.8) is 0 Å². The van der Waals surface area contributed by atoms with Crippen LogP contribution in [0.25, 0.3) is 11.1 Å². The predicted molar refractivity (Wildman–Crippen MR) is 152 cm³/mol. The zero-order valence-electron chi connectivity index (χ0n) is 22.9. The van der Waals surface area contributed by atoms with Gasteiger partial charge in [0.15, 0.2) is 0 Å². The maximum atomic E-state index is 12.9. The highest BCUT2D eigenvalue weighted by Crippen LogP contribution is 2.36. The molecule has 3 rings (SSSR count). The van der Waals surface area contributed by atoms with Crippen molar-refractivity contribution >= 4 is 23.0 Å². The molecule has 1 aromatic carbocycles. The topological polar surface area (TPSA) is 86.1 Å². The number of pyridine rings is 1. The molecule has 6 nitrogen and oxygen atoms in total. The number of carbonyl (C=O) groups excluding carboxylic acids is 2. The Morgan fingerprint density at radius 3 is 2.58 bits per heavy atom. The largest absolute Gasteiger partial charge is 0.330 e. The summed E-state index contributed by atoms with van der Waals surface area (Å²) in [6, 6.07) is 14.3. The highest BCUT2D eigenvalue weighted by atomic mass is 16.2. The van der Waals surface area contributed by atoms with Crippen LogP contribution in [0.2, 0.25) is 0 Å². The molecule has 2 heterocycles. The quantitative estimate of drug-likeness (QED) is 0.427. The number of hydrogen-bond donors (Lipinski definition) is 1. The van der Waals surface area contributed by atoms with Crippen molar-refractivity contribution in [1.29, 1.82) is 5.26 Å². The van der Waals surface area contributed by atoms with E-state index in [1.807, 2.05) is 82.4 Å². The first-order valence-corrected chi connectivity index (χ1v) is 12.8. The number of allylic oxidation sites excluding steroid dienone is 6. The van der Waals surface area contributed by atoms with E-state index in [0.717, 1.165) is 39.2 Å². The molecular weight excluding hydrogens is 472 g/mol. The maximum absolute atomic E-state index is 12.9. The Kier molecular flexibility index (Phi) is 9.20. The molecule has 196 valence electrons. The van der Waals surface area contributed by atoms with E-state index in [0.29, 0.717) is 19.3 Å². The van der Waals surface area contributed by atoms with Gasteiger partial charge in [-0.2, -0.15) is 5.26 Å². The molecule has 0 bridgehead atoms. The molecule has 1 unspecified atom stereocenters. The van der Waals surface area contributed by atoms with Crippen LogP contribution in [-0.2, 0) is 15.0 Å². The van der Waals surface area contributed by atoms with Gasteiger partial charge in [0.05, 0.1) is 17.2 Å². The number of benzene rings is 1. The van der Waals surface area contributed by atoms with Crippen LogP contribution in [0, 0.1) is 11.3 Å². The van der Waals surface area contributed by atoms with Crippen LogP contribution in [-0.4, -0.2) is 28.7 Å². The average Bonchev–Trinajstić information content (AvgIpc) is 3.07. The predicted octanol–water partition coefficient (Wildman–Crippen LogP) is 6.26. The van der Waals surface area contributed by atoms with Gasteiger partial charge in [0.2, 0.25) is 11.8 Å². The summed E-state index contributed by atoms with van der Waals surface area (Å²) in [4.78, 5) is 30.8. The summed E-state index contributed by atoms with van der Waals surface area (Å²) in [7, 11) is 1.78. The summed E-state index contributed by atoms with van der Waals surface area (Å²) in [6.07, 6.45) is 10.7.